The van der Waals surface area contributed by atoms with Crippen LogP contribution in [0.1, 0.15) is 6.42 Å². The van der Waals surface area contributed by atoms with Crippen molar-refractivity contribution in [2.24, 2.45) is 0 Å². The molecule has 0 N–H and O–H groups in total. The van der Waals surface area contributed by atoms with E-state index in [2.05, 4.69) is 0 Å². The monoisotopic (exact) mass is 324 g/mol. The molecule has 0 aliphatic carbocycles. The van der Waals surface area contributed by atoms with E-state index in [0.29, 0.717) is 13.2 Å². The molecule has 4 heterocycles. The molecule has 8 heteroatoms. The Hall–Kier alpha value is -1.74. The molecule has 0 radical (unpaired) electrons. The Bertz CT molecular complexity index is 508. The first-order chi connectivity index (χ1) is 11.2. The SMILES string of the molecule is O=C(CC(=O)OC1C=CC2COC1O2)OC1C=CC2COC1O2. The summed E-state index contributed by atoms with van der Waals surface area (Å²) in [7, 11) is 0. The van der Waals surface area contributed by atoms with Crippen molar-refractivity contribution in [2.45, 2.75) is 43.4 Å². The fourth-order valence-corrected chi connectivity index (χ4v) is 2.77. The van der Waals surface area contributed by atoms with Crippen molar-refractivity contribution in [3.05, 3.63) is 24.3 Å². The third-order valence-electron chi connectivity index (χ3n) is 3.86. The van der Waals surface area contributed by atoms with Gasteiger partial charge in [-0.25, -0.2) is 0 Å². The van der Waals surface area contributed by atoms with Crippen molar-refractivity contribution in [2.75, 3.05) is 13.2 Å². The van der Waals surface area contributed by atoms with Crippen molar-refractivity contribution < 1.29 is 38.0 Å². The van der Waals surface area contributed by atoms with Crippen molar-refractivity contribution in [1.29, 1.82) is 0 Å². The van der Waals surface area contributed by atoms with Gasteiger partial charge in [0.2, 0.25) is 0 Å². The predicted molar refractivity (Wildman–Crippen MR) is 71.9 cm³/mol. The van der Waals surface area contributed by atoms with E-state index in [4.69, 9.17) is 28.4 Å². The minimum atomic E-state index is -0.701. The Morgan fingerprint density at radius 2 is 1.30 bits per heavy atom. The van der Waals surface area contributed by atoms with E-state index in [0.717, 1.165) is 0 Å². The van der Waals surface area contributed by atoms with Gasteiger partial charge in [0.15, 0.2) is 24.8 Å². The standard InChI is InChI=1S/C15H16O8/c16-12(22-10-3-1-8-6-18-14(10)20-8)5-13(17)23-11-4-2-9-7-19-15(11)21-9/h1-4,8-11,14-15H,5-7H2. The van der Waals surface area contributed by atoms with Crippen LogP contribution in [-0.4, -0.2) is 62.1 Å². The highest BCUT2D eigenvalue weighted by Crippen LogP contribution is 2.25. The lowest BCUT2D eigenvalue weighted by Gasteiger charge is -2.24. The summed E-state index contributed by atoms with van der Waals surface area (Å²) in [6.07, 6.45) is 3.78. The molecule has 124 valence electrons. The zero-order valence-corrected chi connectivity index (χ0v) is 12.2. The topological polar surface area (TPSA) is 89.5 Å². The van der Waals surface area contributed by atoms with Crippen LogP contribution in [0, 0.1) is 0 Å². The average Bonchev–Trinajstić information content (AvgIpc) is 3.10. The van der Waals surface area contributed by atoms with E-state index in [1.807, 2.05) is 0 Å². The third-order valence-corrected chi connectivity index (χ3v) is 3.86. The molecule has 6 atom stereocenters. The molecule has 4 bridgehead atoms. The van der Waals surface area contributed by atoms with Gasteiger partial charge in [-0.15, -0.1) is 0 Å². The summed E-state index contributed by atoms with van der Waals surface area (Å²) in [4.78, 5) is 23.7. The van der Waals surface area contributed by atoms with E-state index >= 15 is 0 Å². The number of hydrogen-bond donors (Lipinski definition) is 0. The van der Waals surface area contributed by atoms with Gasteiger partial charge in [-0.1, -0.05) is 12.2 Å². The highest BCUT2D eigenvalue weighted by Gasteiger charge is 2.38. The normalized spacial score (nSPS) is 40.2. The molecule has 8 nitrogen and oxygen atoms in total. The molecule has 4 rings (SSSR count). The second kappa shape index (κ2) is 6.04. The van der Waals surface area contributed by atoms with Crippen LogP contribution >= 0.6 is 0 Å². The first-order valence-corrected chi connectivity index (χ1v) is 7.47. The molecular formula is C15H16O8. The maximum Gasteiger partial charge on any atom is 0.317 e. The van der Waals surface area contributed by atoms with E-state index in [1.165, 1.54) is 0 Å². The van der Waals surface area contributed by atoms with Crippen LogP contribution in [0.4, 0.5) is 0 Å². The van der Waals surface area contributed by atoms with Gasteiger partial charge in [0, 0.05) is 0 Å². The van der Waals surface area contributed by atoms with Gasteiger partial charge in [-0.05, 0) is 12.2 Å². The van der Waals surface area contributed by atoms with Crippen LogP contribution in [-0.2, 0) is 38.0 Å². The average molecular weight is 324 g/mol. The molecule has 4 aliphatic heterocycles. The first-order valence-electron chi connectivity index (χ1n) is 7.47. The van der Waals surface area contributed by atoms with E-state index < -0.39 is 43.1 Å². The lowest BCUT2D eigenvalue weighted by Crippen LogP contribution is -2.36. The molecule has 0 spiro atoms. The zero-order chi connectivity index (χ0) is 15.8. The number of rotatable bonds is 4. The summed E-state index contributed by atoms with van der Waals surface area (Å²) in [5.41, 5.74) is 0. The van der Waals surface area contributed by atoms with Gasteiger partial charge < -0.3 is 28.4 Å². The maximum absolute atomic E-state index is 11.8. The van der Waals surface area contributed by atoms with Crippen LogP contribution in [0.5, 0.6) is 0 Å². The van der Waals surface area contributed by atoms with E-state index in [-0.39, 0.29) is 12.2 Å². The number of carbonyl (C=O) groups is 2. The maximum atomic E-state index is 11.8. The van der Waals surface area contributed by atoms with Crippen LogP contribution in [0.15, 0.2) is 24.3 Å². The summed E-state index contributed by atoms with van der Waals surface area (Å²) in [5.74, 6) is -1.40. The van der Waals surface area contributed by atoms with Gasteiger partial charge in [-0.2, -0.15) is 0 Å². The summed E-state index contributed by atoms with van der Waals surface area (Å²) in [6.45, 7) is 0.876. The summed E-state index contributed by atoms with van der Waals surface area (Å²) in [5, 5.41) is 0. The molecule has 0 aromatic rings. The molecule has 0 aromatic carbocycles. The Balaban J connectivity index is 1.26. The van der Waals surface area contributed by atoms with E-state index in [9.17, 15) is 9.59 Å². The lowest BCUT2D eigenvalue weighted by molar-refractivity contribution is -0.180. The number of hydrogen-bond acceptors (Lipinski definition) is 8. The minimum absolute atomic E-state index is 0.0896. The second-order valence-electron chi connectivity index (χ2n) is 5.61. The van der Waals surface area contributed by atoms with Crippen molar-refractivity contribution in [3.8, 4) is 0 Å². The Morgan fingerprint density at radius 1 is 0.826 bits per heavy atom. The second-order valence-corrected chi connectivity index (χ2v) is 5.61. The zero-order valence-electron chi connectivity index (χ0n) is 12.2. The smallest absolute Gasteiger partial charge is 0.317 e. The number of fused-ring (bicyclic) bond motifs is 4. The largest absolute Gasteiger partial charge is 0.452 e. The molecule has 2 fully saturated rings. The highest BCUT2D eigenvalue weighted by atomic mass is 16.8. The Morgan fingerprint density at radius 3 is 1.78 bits per heavy atom. The summed E-state index contributed by atoms with van der Waals surface area (Å²) >= 11 is 0. The van der Waals surface area contributed by atoms with Crippen molar-refractivity contribution in [1.82, 2.24) is 0 Å². The van der Waals surface area contributed by atoms with Crippen molar-refractivity contribution in [3.63, 3.8) is 0 Å². The summed E-state index contributed by atoms with van der Waals surface area (Å²) in [6, 6.07) is 0. The minimum Gasteiger partial charge on any atom is -0.452 e. The summed E-state index contributed by atoms with van der Waals surface area (Å²) < 4.78 is 31.9. The van der Waals surface area contributed by atoms with Crippen molar-refractivity contribution >= 4 is 11.9 Å². The van der Waals surface area contributed by atoms with Crippen LogP contribution < -0.4 is 0 Å². The van der Waals surface area contributed by atoms with Gasteiger partial charge in [-0.3, -0.25) is 9.59 Å². The molecule has 0 saturated carbocycles. The number of esters is 2. The quantitative estimate of drug-likeness (QED) is 0.400. The van der Waals surface area contributed by atoms with E-state index in [1.54, 1.807) is 24.3 Å². The molecule has 4 aliphatic rings. The highest BCUT2D eigenvalue weighted by molar-refractivity contribution is 5.91. The number of ether oxygens (including phenoxy) is 6. The van der Waals surface area contributed by atoms with Gasteiger partial charge >= 0.3 is 11.9 Å². The van der Waals surface area contributed by atoms with Crippen LogP contribution in [0.2, 0.25) is 0 Å². The first kappa shape index (κ1) is 14.8. The predicted octanol–water partition coefficient (Wildman–Crippen LogP) is -0.177. The Labute approximate surface area is 131 Å². The molecule has 0 amide bonds. The molecule has 2 saturated heterocycles. The Kier molecular flexibility index (Phi) is 3.90. The van der Waals surface area contributed by atoms with Gasteiger partial charge in [0.05, 0.1) is 13.2 Å². The molecular weight excluding hydrogens is 308 g/mol. The van der Waals surface area contributed by atoms with Crippen LogP contribution in [0.25, 0.3) is 0 Å². The third kappa shape index (κ3) is 3.16. The lowest BCUT2D eigenvalue weighted by atomic mass is 10.2. The van der Waals surface area contributed by atoms with Crippen LogP contribution in [0.3, 0.4) is 0 Å². The fraction of sp³-hybridized carbons (Fsp3) is 0.600. The van der Waals surface area contributed by atoms with Gasteiger partial charge in [0.1, 0.15) is 18.6 Å². The molecule has 6 unspecified atom stereocenters. The molecule has 0 aromatic heterocycles. The van der Waals surface area contributed by atoms with Gasteiger partial charge in [0.25, 0.3) is 0 Å². The number of carbonyl (C=O) groups excluding carboxylic acids is 2. The fourth-order valence-electron chi connectivity index (χ4n) is 2.77. The molecule has 23 heavy (non-hydrogen) atoms.